The molecular formula is C14H14BrClS. The Morgan fingerprint density at radius 3 is 2.59 bits per heavy atom. The zero-order chi connectivity index (χ0) is 12.3. The van der Waals surface area contributed by atoms with Crippen molar-refractivity contribution in [2.24, 2.45) is 0 Å². The van der Waals surface area contributed by atoms with Crippen LogP contribution in [0.1, 0.15) is 27.8 Å². The number of rotatable bonds is 4. The molecule has 1 unspecified atom stereocenters. The standard InChI is InChI=1S/C14H14BrClS/c1-2-11-7-8-17-14(11)13(15)9-10-3-5-12(16)6-4-10/h3-8,13H,2,9H2,1H3. The lowest BCUT2D eigenvalue weighted by Crippen LogP contribution is -1.95. The van der Waals surface area contributed by atoms with Crippen LogP contribution in [0, 0.1) is 0 Å². The van der Waals surface area contributed by atoms with E-state index in [2.05, 4.69) is 46.4 Å². The summed E-state index contributed by atoms with van der Waals surface area (Å²) in [6, 6.07) is 10.3. The van der Waals surface area contributed by atoms with Crippen molar-refractivity contribution < 1.29 is 0 Å². The first kappa shape index (κ1) is 13.1. The molecule has 0 fully saturated rings. The van der Waals surface area contributed by atoms with Crippen LogP contribution < -0.4 is 0 Å². The van der Waals surface area contributed by atoms with Gasteiger partial charge in [0.1, 0.15) is 0 Å². The molecule has 2 rings (SSSR count). The van der Waals surface area contributed by atoms with Crippen LogP contribution in [0.5, 0.6) is 0 Å². The molecule has 0 amide bonds. The number of thiophene rings is 1. The van der Waals surface area contributed by atoms with Gasteiger partial charge in [-0.05, 0) is 47.5 Å². The van der Waals surface area contributed by atoms with Gasteiger partial charge in [0.2, 0.25) is 0 Å². The lowest BCUT2D eigenvalue weighted by Gasteiger charge is -2.10. The number of halogens is 2. The van der Waals surface area contributed by atoms with Crippen molar-refractivity contribution in [1.29, 1.82) is 0 Å². The van der Waals surface area contributed by atoms with Gasteiger partial charge in [-0.15, -0.1) is 11.3 Å². The Balaban J connectivity index is 2.11. The highest BCUT2D eigenvalue weighted by atomic mass is 79.9. The van der Waals surface area contributed by atoms with Crippen molar-refractivity contribution in [3.8, 4) is 0 Å². The Morgan fingerprint density at radius 1 is 1.24 bits per heavy atom. The molecule has 2 aromatic rings. The van der Waals surface area contributed by atoms with Crippen LogP contribution in [0.25, 0.3) is 0 Å². The maximum absolute atomic E-state index is 5.89. The van der Waals surface area contributed by atoms with Crippen LogP contribution in [0.15, 0.2) is 35.7 Å². The number of hydrogen-bond acceptors (Lipinski definition) is 1. The minimum absolute atomic E-state index is 0.402. The van der Waals surface area contributed by atoms with Gasteiger partial charge >= 0.3 is 0 Å². The summed E-state index contributed by atoms with van der Waals surface area (Å²) in [6.45, 7) is 2.20. The predicted octanol–water partition coefficient (Wildman–Crippen LogP) is 5.64. The van der Waals surface area contributed by atoms with E-state index in [9.17, 15) is 0 Å². The lowest BCUT2D eigenvalue weighted by atomic mass is 10.1. The van der Waals surface area contributed by atoms with Crippen molar-refractivity contribution in [3.05, 3.63) is 56.7 Å². The predicted molar refractivity (Wildman–Crippen MR) is 80.5 cm³/mol. The first-order valence-corrected chi connectivity index (χ1v) is 7.82. The molecule has 1 aromatic heterocycles. The molecule has 0 spiro atoms. The Bertz CT molecular complexity index is 475. The minimum Gasteiger partial charge on any atom is -0.147 e. The van der Waals surface area contributed by atoms with Crippen LogP contribution in [-0.4, -0.2) is 0 Å². The molecule has 0 aliphatic rings. The zero-order valence-corrected chi connectivity index (χ0v) is 12.8. The van der Waals surface area contributed by atoms with Crippen molar-refractivity contribution in [1.82, 2.24) is 0 Å². The summed E-state index contributed by atoms with van der Waals surface area (Å²) in [5.74, 6) is 0. The second kappa shape index (κ2) is 6.03. The minimum atomic E-state index is 0.402. The fourth-order valence-electron chi connectivity index (χ4n) is 1.83. The van der Waals surface area contributed by atoms with Gasteiger partial charge in [0.25, 0.3) is 0 Å². The normalized spacial score (nSPS) is 12.6. The smallest absolute Gasteiger partial charge is 0.0532 e. The van der Waals surface area contributed by atoms with E-state index >= 15 is 0 Å². The van der Waals surface area contributed by atoms with Gasteiger partial charge in [0, 0.05) is 9.90 Å². The van der Waals surface area contributed by atoms with Crippen molar-refractivity contribution in [2.75, 3.05) is 0 Å². The van der Waals surface area contributed by atoms with E-state index in [1.165, 1.54) is 16.0 Å². The SMILES string of the molecule is CCc1ccsc1C(Br)Cc1ccc(Cl)cc1. The topological polar surface area (TPSA) is 0 Å². The summed E-state index contributed by atoms with van der Waals surface area (Å²) in [5.41, 5.74) is 2.76. The molecule has 3 heteroatoms. The molecule has 0 radical (unpaired) electrons. The third kappa shape index (κ3) is 3.34. The molecule has 90 valence electrons. The van der Waals surface area contributed by atoms with E-state index in [4.69, 9.17) is 11.6 Å². The van der Waals surface area contributed by atoms with Gasteiger partial charge in [-0.2, -0.15) is 0 Å². The Hall–Kier alpha value is -0.310. The Kier molecular flexibility index (Phi) is 4.66. The fourth-order valence-corrected chi connectivity index (χ4v) is 3.93. The fraction of sp³-hybridized carbons (Fsp3) is 0.286. The molecular weight excluding hydrogens is 316 g/mol. The molecule has 17 heavy (non-hydrogen) atoms. The van der Waals surface area contributed by atoms with Crippen molar-refractivity contribution >= 4 is 38.9 Å². The van der Waals surface area contributed by atoms with Crippen LogP contribution >= 0.6 is 38.9 Å². The van der Waals surface area contributed by atoms with Gasteiger partial charge in [-0.1, -0.05) is 46.6 Å². The number of alkyl halides is 1. The first-order valence-electron chi connectivity index (χ1n) is 5.65. The van der Waals surface area contributed by atoms with Crippen LogP contribution in [0.2, 0.25) is 5.02 Å². The summed E-state index contributed by atoms with van der Waals surface area (Å²) in [5, 5.41) is 2.97. The molecule has 0 nitrogen and oxygen atoms in total. The summed E-state index contributed by atoms with van der Waals surface area (Å²) in [6.07, 6.45) is 2.10. The molecule has 1 heterocycles. The molecule has 0 saturated carbocycles. The van der Waals surface area contributed by atoms with E-state index in [0.717, 1.165) is 17.9 Å². The van der Waals surface area contributed by atoms with Gasteiger partial charge in [0.05, 0.1) is 4.83 Å². The van der Waals surface area contributed by atoms with E-state index in [1.807, 2.05) is 23.5 Å². The summed E-state index contributed by atoms with van der Waals surface area (Å²) < 4.78 is 0. The lowest BCUT2D eigenvalue weighted by molar-refractivity contribution is 0.946. The first-order chi connectivity index (χ1) is 8.20. The second-order valence-corrected chi connectivity index (χ2v) is 6.45. The average molecular weight is 330 g/mol. The summed E-state index contributed by atoms with van der Waals surface area (Å²) in [7, 11) is 0. The third-order valence-electron chi connectivity index (χ3n) is 2.77. The monoisotopic (exact) mass is 328 g/mol. The van der Waals surface area contributed by atoms with E-state index < -0.39 is 0 Å². The van der Waals surface area contributed by atoms with Gasteiger partial charge in [-0.25, -0.2) is 0 Å². The summed E-state index contributed by atoms with van der Waals surface area (Å²) >= 11 is 11.5. The number of hydrogen-bond donors (Lipinski definition) is 0. The van der Waals surface area contributed by atoms with Crippen LogP contribution in [0.4, 0.5) is 0 Å². The molecule has 0 aliphatic carbocycles. The Labute approximate surface area is 120 Å². The zero-order valence-electron chi connectivity index (χ0n) is 9.62. The van der Waals surface area contributed by atoms with Crippen LogP contribution in [-0.2, 0) is 12.8 Å². The molecule has 1 aromatic carbocycles. The second-order valence-electron chi connectivity index (χ2n) is 3.96. The average Bonchev–Trinajstić information content (AvgIpc) is 2.80. The van der Waals surface area contributed by atoms with E-state index in [0.29, 0.717) is 4.83 Å². The van der Waals surface area contributed by atoms with E-state index in [1.54, 1.807) is 0 Å². The quantitative estimate of drug-likeness (QED) is 0.636. The highest BCUT2D eigenvalue weighted by molar-refractivity contribution is 9.09. The van der Waals surface area contributed by atoms with E-state index in [-0.39, 0.29) is 0 Å². The van der Waals surface area contributed by atoms with Crippen molar-refractivity contribution in [3.63, 3.8) is 0 Å². The number of benzene rings is 1. The third-order valence-corrected chi connectivity index (χ3v) is 5.18. The molecule has 0 aliphatic heterocycles. The molecule has 0 bridgehead atoms. The number of aryl methyl sites for hydroxylation is 1. The van der Waals surface area contributed by atoms with Crippen LogP contribution in [0.3, 0.4) is 0 Å². The molecule has 0 saturated heterocycles. The maximum Gasteiger partial charge on any atom is 0.0532 e. The largest absolute Gasteiger partial charge is 0.147 e. The maximum atomic E-state index is 5.89. The molecule has 0 N–H and O–H groups in total. The highest BCUT2D eigenvalue weighted by Gasteiger charge is 2.13. The van der Waals surface area contributed by atoms with Gasteiger partial charge in [0.15, 0.2) is 0 Å². The van der Waals surface area contributed by atoms with Crippen molar-refractivity contribution in [2.45, 2.75) is 24.6 Å². The highest BCUT2D eigenvalue weighted by Crippen LogP contribution is 2.34. The molecule has 1 atom stereocenters. The van der Waals surface area contributed by atoms with Gasteiger partial charge < -0.3 is 0 Å². The summed E-state index contributed by atoms with van der Waals surface area (Å²) in [4.78, 5) is 1.85. The van der Waals surface area contributed by atoms with Gasteiger partial charge in [-0.3, -0.25) is 0 Å². The Morgan fingerprint density at radius 2 is 1.94 bits per heavy atom.